The average molecular weight is 871 g/mol. The van der Waals surface area contributed by atoms with Crippen molar-refractivity contribution in [3.05, 3.63) is 38.0 Å². The number of nitrogens with one attached hydrogen (secondary N) is 2. The Morgan fingerprint density at radius 3 is 1.72 bits per heavy atom. The van der Waals surface area contributed by atoms with Crippen molar-refractivity contribution in [3.63, 3.8) is 0 Å². The average Bonchev–Trinajstić information content (AvgIpc) is 3.20. The highest BCUT2D eigenvalue weighted by molar-refractivity contribution is 5.82. The lowest BCUT2D eigenvalue weighted by atomic mass is 9.67. The molecule has 4 atom stereocenters. The van der Waals surface area contributed by atoms with Crippen LogP contribution >= 0.6 is 0 Å². The fraction of sp³-hybridized carbons (Fsp3) is 0.667. The van der Waals surface area contributed by atoms with E-state index in [0.29, 0.717) is 45.1 Å². The van der Waals surface area contributed by atoms with Gasteiger partial charge in [0.2, 0.25) is 13.6 Å². The van der Waals surface area contributed by atoms with Gasteiger partial charge in [-0.2, -0.15) is 0 Å². The van der Waals surface area contributed by atoms with E-state index in [9.17, 15) is 38.4 Å². The first-order valence-corrected chi connectivity index (χ1v) is 19.9. The lowest BCUT2D eigenvalue weighted by Gasteiger charge is -2.46. The van der Waals surface area contributed by atoms with E-state index < -0.39 is 55.2 Å². The van der Waals surface area contributed by atoms with Crippen molar-refractivity contribution in [3.8, 4) is 0 Å². The Morgan fingerprint density at radius 1 is 0.623 bits per heavy atom. The number of rotatable bonds is 21. The Bertz CT molecular complexity index is 1450. The fourth-order valence-electron chi connectivity index (χ4n) is 6.97. The van der Waals surface area contributed by atoms with Gasteiger partial charge in [0.1, 0.15) is 0 Å². The highest BCUT2D eigenvalue weighted by Gasteiger charge is 2.43. The van der Waals surface area contributed by atoms with Crippen molar-refractivity contribution in [2.75, 3.05) is 48.3 Å². The molecular weight excluding hydrogens is 804 g/mol. The molecule has 0 aliphatic heterocycles. The van der Waals surface area contributed by atoms with E-state index in [4.69, 9.17) is 18.9 Å². The molecule has 0 aromatic heterocycles. The summed E-state index contributed by atoms with van der Waals surface area (Å²) in [4.78, 5) is 90.1. The minimum atomic E-state index is -0.691. The Kier molecular flexibility index (Phi) is 28.6. The van der Waals surface area contributed by atoms with Crippen molar-refractivity contribution >= 4 is 48.0 Å². The van der Waals surface area contributed by atoms with Gasteiger partial charge in [0.15, 0.2) is 6.79 Å². The quantitative estimate of drug-likeness (QED) is 0.0476. The first-order valence-electron chi connectivity index (χ1n) is 19.9. The second kappa shape index (κ2) is 31.4. The van der Waals surface area contributed by atoms with Crippen LogP contribution in [0.1, 0.15) is 104 Å². The molecule has 19 nitrogen and oxygen atoms in total. The predicted octanol–water partition coefficient (Wildman–Crippen LogP) is 5.49. The van der Waals surface area contributed by atoms with Crippen LogP contribution in [0.5, 0.6) is 0 Å². The van der Waals surface area contributed by atoms with E-state index in [2.05, 4.69) is 67.9 Å². The zero-order valence-electron chi connectivity index (χ0n) is 36.5. The van der Waals surface area contributed by atoms with Gasteiger partial charge in [-0.15, -0.1) is 0 Å². The summed E-state index contributed by atoms with van der Waals surface area (Å²) in [7, 11) is 4.14. The molecule has 0 radical (unpaired) electrons. The van der Waals surface area contributed by atoms with Gasteiger partial charge in [-0.05, 0) is 82.0 Å². The van der Waals surface area contributed by atoms with Gasteiger partial charge in [-0.3, -0.25) is 14.4 Å². The van der Waals surface area contributed by atoms with Crippen molar-refractivity contribution in [2.24, 2.45) is 17.3 Å². The standard InChI is InChI=1S/C21H32O8.C16H26N2O6.C5H8O3/c1-3-18(22)28-15-29-19(23)10-5-4-6-11-27-21(25)14-17-9-7-8-16(12-17)13-20(24)26-2;1-6-12(19)23-10-24-14(21)18-16(4)8-11(17-13(20)22-5)7-15(2,3)9-16;1-3-5(6)8-4-7-2/h3,16-17H,1,4-15H2,2H3;6,11H,1,7-10H2,2-5H3,(H,17,20)(H,18,21);3H,1,4H2,2H3. The first-order chi connectivity index (χ1) is 28.8. The number of ether oxygens (including phenoxy) is 9. The molecule has 19 heteroatoms. The summed E-state index contributed by atoms with van der Waals surface area (Å²) in [5.74, 6) is -2.09. The van der Waals surface area contributed by atoms with Gasteiger partial charge < -0.3 is 53.3 Å². The SMILES string of the molecule is C=CC(=O)OCOC.C=CC(=O)OCOC(=O)CCCCCOC(=O)CC1CCCC(CC(=O)OC)C1.C=CC(=O)OCOC(=O)NC1(C)CC(NC(=O)OC)CC(C)(C)C1. The van der Waals surface area contributed by atoms with Crippen LogP contribution in [-0.4, -0.2) is 108 Å². The van der Waals surface area contributed by atoms with E-state index >= 15 is 0 Å². The molecule has 0 aromatic rings. The van der Waals surface area contributed by atoms with Gasteiger partial charge in [-0.1, -0.05) is 40.0 Å². The van der Waals surface area contributed by atoms with Crippen LogP contribution in [0.15, 0.2) is 38.0 Å². The molecule has 0 aromatic carbocycles. The van der Waals surface area contributed by atoms with Crippen molar-refractivity contribution in [1.82, 2.24) is 10.6 Å². The number of unbranched alkanes of at least 4 members (excludes halogenated alkanes) is 2. The maximum absolute atomic E-state index is 12.0. The highest BCUT2D eigenvalue weighted by atomic mass is 16.7. The third kappa shape index (κ3) is 28.6. The number of carbonyl (C=O) groups excluding carboxylic acids is 8. The summed E-state index contributed by atoms with van der Waals surface area (Å²) in [6.07, 6.45) is 10.7. The van der Waals surface area contributed by atoms with Crippen LogP contribution < -0.4 is 10.6 Å². The molecule has 4 unspecified atom stereocenters. The molecule has 2 aliphatic rings. The smallest absolute Gasteiger partial charge is 0.410 e. The van der Waals surface area contributed by atoms with Crippen molar-refractivity contribution < 1.29 is 81.0 Å². The van der Waals surface area contributed by atoms with Crippen molar-refractivity contribution in [1.29, 1.82) is 0 Å². The predicted molar refractivity (Wildman–Crippen MR) is 218 cm³/mol. The molecule has 2 saturated carbocycles. The Labute approximate surface area is 358 Å². The second-order valence-corrected chi connectivity index (χ2v) is 15.3. The maximum Gasteiger partial charge on any atom is 0.410 e. The van der Waals surface area contributed by atoms with E-state index in [1.165, 1.54) is 21.3 Å². The summed E-state index contributed by atoms with van der Waals surface area (Å²) in [6, 6.07) is -0.134. The van der Waals surface area contributed by atoms with Crippen LogP contribution in [0.25, 0.3) is 0 Å². The summed E-state index contributed by atoms with van der Waals surface area (Å²) in [5, 5.41) is 5.58. The molecule has 61 heavy (non-hydrogen) atoms. The number of hydrogen-bond donors (Lipinski definition) is 2. The van der Waals surface area contributed by atoms with E-state index in [0.717, 1.165) is 56.8 Å². The Hall–Kier alpha value is -5.46. The first kappa shape index (κ1) is 55.5. The van der Waals surface area contributed by atoms with Crippen LogP contribution in [-0.2, 0) is 71.4 Å². The van der Waals surface area contributed by atoms with Crippen LogP contribution in [0.2, 0.25) is 0 Å². The Morgan fingerprint density at radius 2 is 1.18 bits per heavy atom. The van der Waals surface area contributed by atoms with E-state index in [1.54, 1.807) is 0 Å². The fourth-order valence-corrected chi connectivity index (χ4v) is 6.97. The van der Waals surface area contributed by atoms with Gasteiger partial charge in [-0.25, -0.2) is 24.0 Å². The number of alkyl carbamates (subject to hydrolysis) is 2. The zero-order chi connectivity index (χ0) is 46.3. The van der Waals surface area contributed by atoms with Crippen LogP contribution in [0.3, 0.4) is 0 Å². The summed E-state index contributed by atoms with van der Waals surface area (Å²) in [5.41, 5.74) is -0.672. The van der Waals surface area contributed by atoms with Gasteiger partial charge >= 0.3 is 48.0 Å². The third-order valence-corrected chi connectivity index (χ3v) is 9.23. The van der Waals surface area contributed by atoms with Crippen molar-refractivity contribution in [2.45, 2.75) is 116 Å². The molecule has 0 bridgehead atoms. The summed E-state index contributed by atoms with van der Waals surface area (Å²) in [6.45, 7) is 15.1. The lowest BCUT2D eigenvalue weighted by Crippen LogP contribution is -2.57. The molecule has 0 heterocycles. The molecular formula is C42H66N2O17. The van der Waals surface area contributed by atoms with E-state index in [-0.39, 0.29) is 48.4 Å². The van der Waals surface area contributed by atoms with Gasteiger partial charge in [0, 0.05) is 56.2 Å². The number of esters is 6. The number of hydrogen-bond acceptors (Lipinski definition) is 17. The second-order valence-electron chi connectivity index (χ2n) is 15.3. The lowest BCUT2D eigenvalue weighted by molar-refractivity contribution is -0.164. The van der Waals surface area contributed by atoms with Gasteiger partial charge in [0.05, 0.1) is 20.8 Å². The van der Waals surface area contributed by atoms with E-state index in [1.807, 2.05) is 6.92 Å². The number of amides is 2. The summed E-state index contributed by atoms with van der Waals surface area (Å²) >= 11 is 0. The van der Waals surface area contributed by atoms with Crippen LogP contribution in [0, 0.1) is 17.3 Å². The molecule has 0 saturated heterocycles. The normalized spacial score (nSPS) is 19.7. The number of carbonyl (C=O) groups is 8. The molecule has 2 N–H and O–H groups in total. The van der Waals surface area contributed by atoms with Gasteiger partial charge in [0.25, 0.3) is 0 Å². The monoisotopic (exact) mass is 870 g/mol. The topological polar surface area (TPSA) is 244 Å². The molecule has 0 spiro atoms. The zero-order valence-corrected chi connectivity index (χ0v) is 36.5. The molecule has 346 valence electrons. The molecule has 2 aliphatic carbocycles. The molecule has 2 rings (SSSR count). The minimum absolute atomic E-state index is 0.00907. The highest BCUT2D eigenvalue weighted by Crippen LogP contribution is 2.41. The Balaban J connectivity index is 0.00000101. The maximum atomic E-state index is 12.0. The third-order valence-electron chi connectivity index (χ3n) is 9.23. The summed E-state index contributed by atoms with van der Waals surface area (Å²) < 4.78 is 42.1. The molecule has 2 fully saturated rings. The minimum Gasteiger partial charge on any atom is -0.469 e. The largest absolute Gasteiger partial charge is 0.469 e. The molecule has 2 amide bonds. The van der Waals surface area contributed by atoms with Crippen LogP contribution in [0.4, 0.5) is 9.59 Å². The number of methoxy groups -OCH3 is 3.